The third-order valence-corrected chi connectivity index (χ3v) is 9.63. The van der Waals surface area contributed by atoms with Crippen LogP contribution in [-0.4, -0.2) is 73.5 Å². The first-order valence-electron chi connectivity index (χ1n) is 12.7. The van der Waals surface area contributed by atoms with Crippen molar-refractivity contribution in [3.63, 3.8) is 0 Å². The van der Waals surface area contributed by atoms with Gasteiger partial charge in [-0.15, -0.1) is 0 Å². The summed E-state index contributed by atoms with van der Waals surface area (Å²) < 4.78 is 23.1. The molecule has 2 saturated heterocycles. The maximum absolute atomic E-state index is 14.1. The van der Waals surface area contributed by atoms with E-state index in [9.17, 15) is 14.4 Å². The zero-order valence-electron chi connectivity index (χ0n) is 20.8. The quantitative estimate of drug-likeness (QED) is 0.577. The van der Waals surface area contributed by atoms with Crippen LogP contribution >= 0.6 is 0 Å². The number of hydrogen-bond acceptors (Lipinski definition) is 7. The van der Waals surface area contributed by atoms with Gasteiger partial charge in [-0.2, -0.15) is 0 Å². The van der Waals surface area contributed by atoms with Crippen LogP contribution in [0.3, 0.4) is 0 Å². The average Bonchev–Trinajstić information content (AvgIpc) is 3.39. The van der Waals surface area contributed by atoms with Gasteiger partial charge in [-0.1, -0.05) is 6.92 Å². The van der Waals surface area contributed by atoms with Crippen molar-refractivity contribution in [2.75, 3.05) is 32.9 Å². The zero-order valence-corrected chi connectivity index (χ0v) is 20.8. The Kier molecular flexibility index (Phi) is 5.83. The molecule has 5 rings (SSSR count). The molecule has 0 aromatic carbocycles. The van der Waals surface area contributed by atoms with E-state index in [1.54, 1.807) is 0 Å². The third kappa shape index (κ3) is 3.51. The molecular weight excluding hydrogens is 438 g/mol. The van der Waals surface area contributed by atoms with Crippen molar-refractivity contribution < 1.29 is 34.8 Å². The highest BCUT2D eigenvalue weighted by molar-refractivity contribution is 5.91. The standard InChI is InChI=1S/C26H37NO7.H2/c1-16(28)33-21-6-8-24(2)19(26(21,4)23(30)27-10-13-31-14-11-27)5-9-25(3)20(24)15-18(34-25)17-7-12-32-22(17)29;/h7,18-21H,5-6,8-15H2,1-4H3;1H/t18-,19-,20-,21+,24+,25+,26-;/m0./s1. The van der Waals surface area contributed by atoms with Gasteiger partial charge in [0.05, 0.1) is 35.9 Å². The van der Waals surface area contributed by atoms with Gasteiger partial charge >= 0.3 is 11.9 Å². The number of hydrogen-bond donors (Lipinski definition) is 0. The zero-order chi connectivity index (χ0) is 24.3. The second-order valence-electron chi connectivity index (χ2n) is 11.4. The molecule has 0 aromatic heterocycles. The highest BCUT2D eigenvalue weighted by atomic mass is 16.6. The Morgan fingerprint density at radius 3 is 2.50 bits per heavy atom. The van der Waals surface area contributed by atoms with Crippen LogP contribution in [0.25, 0.3) is 0 Å². The lowest BCUT2D eigenvalue weighted by atomic mass is 9.44. The minimum Gasteiger partial charge on any atom is -0.461 e. The molecular formula is C26H39NO7. The van der Waals surface area contributed by atoms with E-state index in [1.165, 1.54) is 6.92 Å². The number of ether oxygens (including phenoxy) is 4. The average molecular weight is 478 g/mol. The number of amides is 1. The minimum absolute atomic E-state index is 0. The number of fused-ring (bicyclic) bond motifs is 3. The summed E-state index contributed by atoms with van der Waals surface area (Å²) in [5, 5.41) is 0. The van der Waals surface area contributed by atoms with Gasteiger partial charge in [0.15, 0.2) is 0 Å². The topological polar surface area (TPSA) is 91.4 Å². The van der Waals surface area contributed by atoms with Crippen LogP contribution in [0.1, 0.15) is 61.2 Å². The third-order valence-electron chi connectivity index (χ3n) is 9.63. The Hall–Kier alpha value is -1.93. The Morgan fingerprint density at radius 1 is 1.12 bits per heavy atom. The van der Waals surface area contributed by atoms with Gasteiger partial charge in [0.2, 0.25) is 5.91 Å². The van der Waals surface area contributed by atoms with Gasteiger partial charge in [0.25, 0.3) is 0 Å². The summed E-state index contributed by atoms with van der Waals surface area (Å²) in [7, 11) is 0. The lowest BCUT2D eigenvalue weighted by molar-refractivity contribution is -0.209. The van der Waals surface area contributed by atoms with Crippen LogP contribution in [0.5, 0.6) is 0 Å². The van der Waals surface area contributed by atoms with Crippen LogP contribution in [0.4, 0.5) is 0 Å². The van der Waals surface area contributed by atoms with E-state index in [4.69, 9.17) is 18.9 Å². The summed E-state index contributed by atoms with van der Waals surface area (Å²) in [6, 6.07) is 0. The number of carbonyl (C=O) groups is 3. The molecule has 0 N–H and O–H groups in total. The van der Waals surface area contributed by atoms with Gasteiger partial charge in [0, 0.05) is 21.4 Å². The summed E-state index contributed by atoms with van der Waals surface area (Å²) in [4.78, 5) is 40.3. The second-order valence-corrected chi connectivity index (χ2v) is 11.4. The highest BCUT2D eigenvalue weighted by Crippen LogP contribution is 2.66. The molecule has 2 aliphatic carbocycles. The van der Waals surface area contributed by atoms with E-state index in [0.717, 1.165) is 25.7 Å². The fourth-order valence-corrected chi connectivity index (χ4v) is 8.02. The molecule has 4 fully saturated rings. The van der Waals surface area contributed by atoms with E-state index < -0.39 is 11.5 Å². The van der Waals surface area contributed by atoms with Crippen molar-refractivity contribution in [3.05, 3.63) is 11.6 Å². The maximum atomic E-state index is 14.1. The van der Waals surface area contributed by atoms with Crippen molar-refractivity contribution in [1.29, 1.82) is 0 Å². The number of morpholine rings is 1. The van der Waals surface area contributed by atoms with Crippen molar-refractivity contribution in [3.8, 4) is 0 Å². The van der Waals surface area contributed by atoms with E-state index >= 15 is 0 Å². The second kappa shape index (κ2) is 8.33. The number of rotatable bonds is 3. The molecule has 0 bridgehead atoms. The van der Waals surface area contributed by atoms with Gasteiger partial charge in [0.1, 0.15) is 12.7 Å². The number of nitrogens with zero attached hydrogens (tertiary/aromatic N) is 1. The van der Waals surface area contributed by atoms with E-state index in [1.807, 2.05) is 17.9 Å². The molecule has 8 nitrogen and oxygen atoms in total. The normalized spacial score (nSPS) is 44.1. The molecule has 5 aliphatic rings. The van der Waals surface area contributed by atoms with Crippen molar-refractivity contribution >= 4 is 17.8 Å². The first kappa shape index (κ1) is 23.8. The van der Waals surface area contributed by atoms with Crippen molar-refractivity contribution in [2.24, 2.45) is 22.7 Å². The predicted octanol–water partition coefficient (Wildman–Crippen LogP) is 2.89. The molecule has 190 valence electrons. The predicted molar refractivity (Wildman–Crippen MR) is 124 cm³/mol. The highest BCUT2D eigenvalue weighted by Gasteiger charge is 2.68. The molecule has 3 aliphatic heterocycles. The molecule has 0 spiro atoms. The maximum Gasteiger partial charge on any atom is 0.336 e. The van der Waals surface area contributed by atoms with E-state index in [-0.39, 0.29) is 48.2 Å². The molecule has 0 aromatic rings. The fourth-order valence-electron chi connectivity index (χ4n) is 8.02. The Morgan fingerprint density at radius 2 is 1.85 bits per heavy atom. The molecule has 2 saturated carbocycles. The van der Waals surface area contributed by atoms with Crippen LogP contribution in [0, 0.1) is 22.7 Å². The SMILES string of the molecule is CC(=O)O[C@@H]1CC[C@]2(C)[C@H](CC[C@@]3(C)O[C@H](C4=CCOC4=O)C[C@@H]23)[C@]1(C)C(=O)N1CCOCC1.[HH]. The Balaban J connectivity index is 0.00000289. The summed E-state index contributed by atoms with van der Waals surface area (Å²) in [6.45, 7) is 10.4. The van der Waals surface area contributed by atoms with Gasteiger partial charge < -0.3 is 23.8 Å². The first-order valence-corrected chi connectivity index (χ1v) is 12.7. The van der Waals surface area contributed by atoms with Gasteiger partial charge in [-0.3, -0.25) is 9.59 Å². The lowest BCUT2D eigenvalue weighted by Crippen LogP contribution is -2.65. The Bertz CT molecular complexity index is 917. The fraction of sp³-hybridized carbons (Fsp3) is 0.808. The van der Waals surface area contributed by atoms with Crippen LogP contribution in [0.15, 0.2) is 11.6 Å². The van der Waals surface area contributed by atoms with E-state index in [0.29, 0.717) is 44.9 Å². The molecule has 1 amide bonds. The molecule has 0 unspecified atom stereocenters. The summed E-state index contributed by atoms with van der Waals surface area (Å²) >= 11 is 0. The van der Waals surface area contributed by atoms with Crippen molar-refractivity contribution in [2.45, 2.75) is 77.6 Å². The molecule has 7 atom stereocenters. The van der Waals surface area contributed by atoms with Gasteiger partial charge in [-0.25, -0.2) is 4.79 Å². The molecule has 8 heteroatoms. The largest absolute Gasteiger partial charge is 0.461 e. The summed E-state index contributed by atoms with van der Waals surface area (Å²) in [6.07, 6.45) is 4.96. The number of esters is 2. The van der Waals surface area contributed by atoms with Gasteiger partial charge in [-0.05, 0) is 69.3 Å². The monoisotopic (exact) mass is 477 g/mol. The van der Waals surface area contributed by atoms with E-state index in [2.05, 4.69) is 13.8 Å². The molecule has 0 radical (unpaired) electrons. The molecule has 3 heterocycles. The number of carbonyl (C=O) groups excluding carboxylic acids is 3. The van der Waals surface area contributed by atoms with Crippen molar-refractivity contribution in [1.82, 2.24) is 4.90 Å². The number of cyclic esters (lactones) is 1. The lowest BCUT2D eigenvalue weighted by Gasteiger charge is -2.62. The van der Waals surface area contributed by atoms with Crippen LogP contribution in [-0.2, 0) is 33.3 Å². The van der Waals surface area contributed by atoms with Crippen LogP contribution in [0.2, 0.25) is 0 Å². The summed E-state index contributed by atoms with van der Waals surface area (Å²) in [5.74, 6) is -0.323. The smallest absolute Gasteiger partial charge is 0.336 e. The first-order chi connectivity index (χ1) is 16.1. The minimum atomic E-state index is -0.818. The summed E-state index contributed by atoms with van der Waals surface area (Å²) in [5.41, 5.74) is -0.729. The molecule has 34 heavy (non-hydrogen) atoms. The van der Waals surface area contributed by atoms with Crippen LogP contribution < -0.4 is 0 Å². The Labute approximate surface area is 202 Å².